The van der Waals surface area contributed by atoms with Gasteiger partial charge in [-0.1, -0.05) is 25.9 Å². The number of nitrogens with zero attached hydrogens (tertiary/aromatic N) is 1. The maximum atomic E-state index is 4.92. The highest BCUT2D eigenvalue weighted by Crippen LogP contribution is 2.26. The van der Waals surface area contributed by atoms with Gasteiger partial charge in [-0.25, -0.2) is 0 Å². The van der Waals surface area contributed by atoms with E-state index in [1.807, 2.05) is 6.07 Å². The van der Waals surface area contributed by atoms with Crippen LogP contribution in [0.5, 0.6) is 0 Å². The largest absolute Gasteiger partial charge is 0.364 e. The zero-order valence-corrected chi connectivity index (χ0v) is 10.8. The van der Waals surface area contributed by atoms with E-state index in [0.717, 1.165) is 25.0 Å². The van der Waals surface area contributed by atoms with E-state index >= 15 is 0 Å². The zero-order chi connectivity index (χ0) is 12.3. The molecule has 0 aliphatic carbocycles. The molecule has 0 radical (unpaired) electrons. The third kappa shape index (κ3) is 2.26. The lowest BCUT2D eigenvalue weighted by atomic mass is 9.92. The molecule has 90 valence electrons. The second-order valence-corrected chi connectivity index (χ2v) is 4.22. The van der Waals surface area contributed by atoms with Crippen LogP contribution in [0.25, 0.3) is 11.3 Å². The summed E-state index contributed by atoms with van der Waals surface area (Å²) in [4.78, 5) is 0. The highest BCUT2D eigenvalue weighted by atomic mass is 16.5. The average molecular weight is 229 g/mol. The fraction of sp³-hybridized carbons (Fsp3) is 0.400. The predicted octanol–water partition coefficient (Wildman–Crippen LogP) is 4.03. The molecular weight excluding hydrogens is 210 g/mol. The normalized spacial score (nSPS) is 10.8. The van der Waals surface area contributed by atoms with Crippen LogP contribution in [0.4, 0.5) is 0 Å². The van der Waals surface area contributed by atoms with Gasteiger partial charge in [0.1, 0.15) is 12.0 Å². The number of hydrogen-bond donors (Lipinski definition) is 0. The van der Waals surface area contributed by atoms with Gasteiger partial charge < -0.3 is 4.52 Å². The third-order valence-corrected chi connectivity index (χ3v) is 3.28. The molecule has 0 saturated carbocycles. The molecule has 0 atom stereocenters. The number of benzene rings is 1. The summed E-state index contributed by atoms with van der Waals surface area (Å²) in [7, 11) is 0. The summed E-state index contributed by atoms with van der Waals surface area (Å²) < 4.78 is 4.92. The Morgan fingerprint density at radius 1 is 1.00 bits per heavy atom. The molecule has 1 aromatic carbocycles. The molecular formula is C15H19NO. The fourth-order valence-electron chi connectivity index (χ4n) is 2.39. The van der Waals surface area contributed by atoms with Crippen molar-refractivity contribution in [3.05, 3.63) is 41.2 Å². The molecule has 2 aromatic rings. The first-order valence-electron chi connectivity index (χ1n) is 6.35. The van der Waals surface area contributed by atoms with Gasteiger partial charge in [-0.3, -0.25) is 0 Å². The fourth-order valence-corrected chi connectivity index (χ4v) is 2.39. The van der Waals surface area contributed by atoms with Gasteiger partial charge in [-0.15, -0.1) is 0 Å². The molecule has 0 bridgehead atoms. The van der Waals surface area contributed by atoms with E-state index in [4.69, 9.17) is 4.52 Å². The van der Waals surface area contributed by atoms with Crippen molar-refractivity contribution in [1.29, 1.82) is 0 Å². The van der Waals surface area contributed by atoms with Gasteiger partial charge in [0.05, 0.1) is 0 Å². The first-order chi connectivity index (χ1) is 8.30. The summed E-state index contributed by atoms with van der Waals surface area (Å²) in [6, 6.07) is 6.41. The van der Waals surface area contributed by atoms with Crippen molar-refractivity contribution in [2.75, 3.05) is 0 Å². The van der Waals surface area contributed by atoms with Crippen molar-refractivity contribution >= 4 is 0 Å². The molecule has 1 aromatic heterocycles. The summed E-state index contributed by atoms with van der Waals surface area (Å²) in [5.41, 5.74) is 6.47. The molecule has 0 aliphatic rings. The summed E-state index contributed by atoms with van der Waals surface area (Å²) in [6.45, 7) is 6.64. The molecule has 17 heavy (non-hydrogen) atoms. The van der Waals surface area contributed by atoms with E-state index in [2.05, 4.69) is 38.1 Å². The lowest BCUT2D eigenvalue weighted by Crippen LogP contribution is -1.99. The van der Waals surface area contributed by atoms with Gasteiger partial charge in [0, 0.05) is 11.6 Å². The van der Waals surface area contributed by atoms with Crippen molar-refractivity contribution in [1.82, 2.24) is 5.16 Å². The molecule has 0 aliphatic heterocycles. The average Bonchev–Trinajstić information content (AvgIpc) is 2.90. The quantitative estimate of drug-likeness (QED) is 0.791. The lowest BCUT2D eigenvalue weighted by Gasteiger charge is -2.13. The Bertz CT molecular complexity index is 461. The number of aryl methyl sites for hydroxylation is 2. The Kier molecular flexibility index (Phi) is 3.62. The van der Waals surface area contributed by atoms with Crippen LogP contribution in [0.2, 0.25) is 0 Å². The summed E-state index contributed by atoms with van der Waals surface area (Å²) in [5, 5.41) is 4.02. The van der Waals surface area contributed by atoms with Crippen molar-refractivity contribution < 1.29 is 4.52 Å². The third-order valence-electron chi connectivity index (χ3n) is 3.28. The molecule has 0 N–H and O–H groups in total. The van der Waals surface area contributed by atoms with Crippen LogP contribution in [0.1, 0.15) is 37.5 Å². The second kappa shape index (κ2) is 5.17. The standard InChI is InChI=1S/C15H19NO/c1-4-11-9-13(15-7-8-17-16-15)10-12(5-2)14(11)6-3/h7-10H,4-6H2,1-3H3. The highest BCUT2D eigenvalue weighted by molar-refractivity contribution is 5.62. The molecule has 0 unspecified atom stereocenters. The first kappa shape index (κ1) is 11.9. The van der Waals surface area contributed by atoms with Crippen LogP contribution in [0, 0.1) is 0 Å². The van der Waals surface area contributed by atoms with Crippen LogP contribution >= 0.6 is 0 Å². The minimum atomic E-state index is 0.928. The van der Waals surface area contributed by atoms with Gasteiger partial charge in [0.25, 0.3) is 0 Å². The Hall–Kier alpha value is -1.57. The molecule has 0 spiro atoms. The van der Waals surface area contributed by atoms with Crippen molar-refractivity contribution in [3.8, 4) is 11.3 Å². The van der Waals surface area contributed by atoms with Crippen molar-refractivity contribution in [2.45, 2.75) is 40.0 Å². The smallest absolute Gasteiger partial charge is 0.124 e. The monoisotopic (exact) mass is 229 g/mol. The van der Waals surface area contributed by atoms with Crippen LogP contribution in [-0.4, -0.2) is 5.16 Å². The van der Waals surface area contributed by atoms with Crippen molar-refractivity contribution in [2.24, 2.45) is 0 Å². The second-order valence-electron chi connectivity index (χ2n) is 4.22. The van der Waals surface area contributed by atoms with Gasteiger partial charge >= 0.3 is 0 Å². The molecule has 2 rings (SSSR count). The van der Waals surface area contributed by atoms with Gasteiger partial charge in [-0.2, -0.15) is 0 Å². The van der Waals surface area contributed by atoms with Gasteiger partial charge in [-0.05, 0) is 48.1 Å². The summed E-state index contributed by atoms with van der Waals surface area (Å²) in [5.74, 6) is 0. The molecule has 0 amide bonds. The topological polar surface area (TPSA) is 26.0 Å². The minimum Gasteiger partial charge on any atom is -0.364 e. The summed E-state index contributed by atoms with van der Waals surface area (Å²) in [6.07, 6.45) is 4.87. The van der Waals surface area contributed by atoms with Gasteiger partial charge in [0.15, 0.2) is 0 Å². The number of hydrogen-bond acceptors (Lipinski definition) is 2. The molecule has 0 fully saturated rings. The van der Waals surface area contributed by atoms with Crippen molar-refractivity contribution in [3.63, 3.8) is 0 Å². The van der Waals surface area contributed by atoms with E-state index in [9.17, 15) is 0 Å². The Labute approximate surface area is 103 Å². The summed E-state index contributed by atoms with van der Waals surface area (Å²) >= 11 is 0. The highest BCUT2D eigenvalue weighted by Gasteiger charge is 2.10. The van der Waals surface area contributed by atoms with Gasteiger partial charge in [0.2, 0.25) is 0 Å². The Balaban J connectivity index is 2.56. The van der Waals surface area contributed by atoms with Crippen LogP contribution in [0.3, 0.4) is 0 Å². The Morgan fingerprint density at radius 3 is 2.06 bits per heavy atom. The maximum Gasteiger partial charge on any atom is 0.124 e. The molecule has 1 heterocycles. The van der Waals surface area contributed by atoms with E-state index in [-0.39, 0.29) is 0 Å². The minimum absolute atomic E-state index is 0.928. The first-order valence-corrected chi connectivity index (χ1v) is 6.35. The molecule has 2 heteroatoms. The van der Waals surface area contributed by atoms with Crippen LogP contribution in [-0.2, 0) is 19.3 Å². The van der Waals surface area contributed by atoms with Crippen LogP contribution < -0.4 is 0 Å². The van der Waals surface area contributed by atoms with E-state index in [1.54, 1.807) is 6.26 Å². The lowest BCUT2D eigenvalue weighted by molar-refractivity contribution is 0.422. The molecule has 2 nitrogen and oxygen atoms in total. The van der Waals surface area contributed by atoms with E-state index in [1.165, 1.54) is 22.3 Å². The predicted molar refractivity (Wildman–Crippen MR) is 70.1 cm³/mol. The molecule has 0 saturated heterocycles. The van der Waals surface area contributed by atoms with E-state index in [0.29, 0.717) is 0 Å². The number of rotatable bonds is 4. The van der Waals surface area contributed by atoms with Crippen LogP contribution in [0.15, 0.2) is 29.0 Å². The van der Waals surface area contributed by atoms with E-state index < -0.39 is 0 Å². The number of aromatic nitrogens is 1. The Morgan fingerprint density at radius 2 is 1.65 bits per heavy atom. The maximum absolute atomic E-state index is 4.92. The SMILES string of the molecule is CCc1cc(-c2ccon2)cc(CC)c1CC. The zero-order valence-electron chi connectivity index (χ0n) is 10.8.